The van der Waals surface area contributed by atoms with Crippen LogP contribution in [0.15, 0.2) is 24.3 Å². The summed E-state index contributed by atoms with van der Waals surface area (Å²) in [5, 5.41) is 0. The first-order chi connectivity index (χ1) is 7.09. The van der Waals surface area contributed by atoms with Crippen molar-refractivity contribution in [1.82, 2.24) is 5.48 Å². The molecular weight excluding hydrogens is 207 g/mol. The first kappa shape index (κ1) is 10.4. The lowest BCUT2D eigenvalue weighted by molar-refractivity contribution is -0.138. The van der Waals surface area contributed by atoms with Gasteiger partial charge >= 0.3 is 6.18 Å². The van der Waals surface area contributed by atoms with E-state index < -0.39 is 11.7 Å². The quantitative estimate of drug-likeness (QED) is 0.780. The Balaban J connectivity index is 2.37. The van der Waals surface area contributed by atoms with E-state index in [1.54, 1.807) is 6.07 Å². The first-order valence-corrected chi connectivity index (χ1v) is 4.62. The van der Waals surface area contributed by atoms with Crippen molar-refractivity contribution in [1.29, 1.82) is 0 Å². The lowest BCUT2D eigenvalue weighted by atomic mass is 9.99. The fourth-order valence-electron chi connectivity index (χ4n) is 1.67. The summed E-state index contributed by atoms with van der Waals surface area (Å²) >= 11 is 0. The van der Waals surface area contributed by atoms with Crippen molar-refractivity contribution in [3.63, 3.8) is 0 Å². The molecule has 1 fully saturated rings. The summed E-state index contributed by atoms with van der Waals surface area (Å²) in [4.78, 5) is 4.86. The van der Waals surface area contributed by atoms with E-state index in [1.807, 2.05) is 0 Å². The van der Waals surface area contributed by atoms with E-state index in [0.29, 0.717) is 13.0 Å². The number of rotatable bonds is 1. The van der Waals surface area contributed by atoms with E-state index in [2.05, 4.69) is 5.48 Å². The molecule has 15 heavy (non-hydrogen) atoms. The maximum Gasteiger partial charge on any atom is 0.416 e. The lowest BCUT2D eigenvalue weighted by Gasteiger charge is -2.16. The summed E-state index contributed by atoms with van der Waals surface area (Å²) in [5.74, 6) is 0. The maximum atomic E-state index is 12.6. The van der Waals surface area contributed by atoms with Crippen LogP contribution in [0.2, 0.25) is 0 Å². The van der Waals surface area contributed by atoms with Gasteiger partial charge in [-0.15, -0.1) is 0 Å². The molecule has 1 heterocycles. The Kier molecular flexibility index (Phi) is 2.67. The molecule has 0 bridgehead atoms. The summed E-state index contributed by atoms with van der Waals surface area (Å²) < 4.78 is 37.9. The molecule has 0 saturated carbocycles. The fourth-order valence-corrected chi connectivity index (χ4v) is 1.67. The molecule has 2 nitrogen and oxygen atoms in total. The second-order valence-electron chi connectivity index (χ2n) is 3.39. The number of hydrogen-bond acceptors (Lipinski definition) is 2. The molecule has 0 amide bonds. The third-order valence-electron chi connectivity index (χ3n) is 2.38. The van der Waals surface area contributed by atoms with Crippen molar-refractivity contribution in [2.75, 3.05) is 6.61 Å². The number of hydrogen-bond donors (Lipinski definition) is 1. The van der Waals surface area contributed by atoms with Crippen LogP contribution in [0, 0.1) is 0 Å². The van der Waals surface area contributed by atoms with Gasteiger partial charge in [-0.05, 0) is 18.1 Å². The average Bonchev–Trinajstić information content (AvgIpc) is 2.69. The summed E-state index contributed by atoms with van der Waals surface area (Å²) in [6.45, 7) is 0.441. The molecule has 0 radical (unpaired) electrons. The van der Waals surface area contributed by atoms with Crippen molar-refractivity contribution in [2.24, 2.45) is 0 Å². The van der Waals surface area contributed by atoms with E-state index >= 15 is 0 Å². The SMILES string of the molecule is FC(F)(F)c1ccccc1C1CCON1. The number of benzene rings is 1. The molecule has 1 aromatic rings. The van der Waals surface area contributed by atoms with Crippen molar-refractivity contribution in [3.05, 3.63) is 35.4 Å². The van der Waals surface area contributed by atoms with Gasteiger partial charge in [0.15, 0.2) is 0 Å². The predicted octanol–water partition coefficient (Wildman–Crippen LogP) is 2.67. The highest BCUT2D eigenvalue weighted by Crippen LogP contribution is 2.36. The van der Waals surface area contributed by atoms with E-state index in [-0.39, 0.29) is 11.6 Å². The van der Waals surface area contributed by atoms with Crippen LogP contribution in [0.1, 0.15) is 23.6 Å². The van der Waals surface area contributed by atoms with Crippen molar-refractivity contribution in [3.8, 4) is 0 Å². The van der Waals surface area contributed by atoms with Crippen LogP contribution < -0.4 is 5.48 Å². The lowest BCUT2D eigenvalue weighted by Crippen LogP contribution is -2.17. The molecule has 1 aromatic carbocycles. The number of halogens is 3. The van der Waals surface area contributed by atoms with Crippen LogP contribution in [0.3, 0.4) is 0 Å². The highest BCUT2D eigenvalue weighted by atomic mass is 19.4. The highest BCUT2D eigenvalue weighted by molar-refractivity contribution is 5.32. The van der Waals surface area contributed by atoms with Crippen molar-refractivity contribution < 1.29 is 18.0 Å². The first-order valence-electron chi connectivity index (χ1n) is 4.62. The number of alkyl halides is 3. The zero-order valence-electron chi connectivity index (χ0n) is 7.84. The second-order valence-corrected chi connectivity index (χ2v) is 3.39. The molecule has 82 valence electrons. The zero-order chi connectivity index (χ0) is 10.9. The molecule has 0 aliphatic carbocycles. The zero-order valence-corrected chi connectivity index (χ0v) is 7.84. The third-order valence-corrected chi connectivity index (χ3v) is 2.38. The fraction of sp³-hybridized carbons (Fsp3) is 0.400. The monoisotopic (exact) mass is 217 g/mol. The van der Waals surface area contributed by atoms with Gasteiger partial charge in [0.1, 0.15) is 0 Å². The Morgan fingerprint density at radius 2 is 2.00 bits per heavy atom. The third kappa shape index (κ3) is 2.13. The van der Waals surface area contributed by atoms with E-state index in [9.17, 15) is 13.2 Å². The van der Waals surface area contributed by atoms with Crippen molar-refractivity contribution >= 4 is 0 Å². The van der Waals surface area contributed by atoms with Gasteiger partial charge < -0.3 is 4.84 Å². The summed E-state index contributed by atoms with van der Waals surface area (Å²) in [6.07, 6.45) is -3.74. The van der Waals surface area contributed by atoms with Gasteiger partial charge in [0.05, 0.1) is 18.2 Å². The summed E-state index contributed by atoms with van der Waals surface area (Å²) in [6, 6.07) is 5.21. The molecule has 1 aliphatic rings. The predicted molar refractivity (Wildman–Crippen MR) is 47.9 cm³/mol. The number of hydroxylamine groups is 1. The Hall–Kier alpha value is -1.07. The van der Waals surface area contributed by atoms with Gasteiger partial charge in [-0.25, -0.2) is 0 Å². The van der Waals surface area contributed by atoms with Crippen LogP contribution in [0.25, 0.3) is 0 Å². The Morgan fingerprint density at radius 3 is 2.60 bits per heavy atom. The van der Waals surface area contributed by atoms with Gasteiger partial charge in [-0.3, -0.25) is 0 Å². The van der Waals surface area contributed by atoms with Crippen LogP contribution in [0.4, 0.5) is 13.2 Å². The molecule has 1 unspecified atom stereocenters. The van der Waals surface area contributed by atoms with Crippen LogP contribution in [0.5, 0.6) is 0 Å². The summed E-state index contributed by atoms with van der Waals surface area (Å²) in [5.41, 5.74) is 2.25. The Bertz CT molecular complexity index is 345. The van der Waals surface area contributed by atoms with Crippen LogP contribution in [-0.4, -0.2) is 6.61 Å². The van der Waals surface area contributed by atoms with Gasteiger partial charge in [0.25, 0.3) is 0 Å². The average molecular weight is 217 g/mol. The highest BCUT2D eigenvalue weighted by Gasteiger charge is 2.35. The van der Waals surface area contributed by atoms with Gasteiger partial charge in [-0.1, -0.05) is 18.2 Å². The minimum Gasteiger partial charge on any atom is -0.301 e. The van der Waals surface area contributed by atoms with Gasteiger partial charge in [0.2, 0.25) is 0 Å². The standard InChI is InChI=1S/C10H10F3NO/c11-10(12,13)8-4-2-1-3-7(8)9-5-6-15-14-9/h1-4,9,14H,5-6H2. The van der Waals surface area contributed by atoms with Crippen LogP contribution >= 0.6 is 0 Å². The molecule has 5 heteroatoms. The normalized spacial score (nSPS) is 21.9. The Morgan fingerprint density at radius 1 is 1.27 bits per heavy atom. The molecule has 0 spiro atoms. The van der Waals surface area contributed by atoms with E-state index in [4.69, 9.17) is 4.84 Å². The summed E-state index contributed by atoms with van der Waals surface area (Å²) in [7, 11) is 0. The smallest absolute Gasteiger partial charge is 0.301 e. The van der Waals surface area contributed by atoms with Gasteiger partial charge in [0, 0.05) is 0 Å². The van der Waals surface area contributed by atoms with E-state index in [1.165, 1.54) is 12.1 Å². The molecule has 1 aliphatic heterocycles. The van der Waals surface area contributed by atoms with Crippen molar-refractivity contribution in [2.45, 2.75) is 18.6 Å². The molecule has 1 N–H and O–H groups in total. The second kappa shape index (κ2) is 3.83. The minimum absolute atomic E-state index is 0.252. The molecule has 1 saturated heterocycles. The van der Waals surface area contributed by atoms with Gasteiger partial charge in [-0.2, -0.15) is 18.7 Å². The molecular formula is C10H10F3NO. The van der Waals surface area contributed by atoms with E-state index in [0.717, 1.165) is 6.07 Å². The number of nitrogens with one attached hydrogen (secondary N) is 1. The Labute approximate surface area is 85.0 Å². The largest absolute Gasteiger partial charge is 0.416 e. The van der Waals surface area contributed by atoms with Crippen LogP contribution in [-0.2, 0) is 11.0 Å². The maximum absolute atomic E-state index is 12.6. The molecule has 0 aromatic heterocycles. The molecule has 1 atom stereocenters. The topological polar surface area (TPSA) is 21.3 Å². The minimum atomic E-state index is -4.30. The molecule has 2 rings (SSSR count).